The van der Waals surface area contributed by atoms with Crippen LogP contribution in [0, 0.1) is 0 Å². The summed E-state index contributed by atoms with van der Waals surface area (Å²) in [6, 6.07) is 30.0. The van der Waals surface area contributed by atoms with Gasteiger partial charge in [0.05, 0.1) is 12.8 Å². The zero-order valence-corrected chi connectivity index (χ0v) is 23.9. The Bertz CT molecular complexity index is 1510. The third-order valence-corrected chi connectivity index (χ3v) is 6.55. The number of hydrogen-bond donors (Lipinski definition) is 2. The second-order valence-corrected chi connectivity index (χ2v) is 10.5. The third kappa shape index (κ3) is 9.88. The number of aliphatic carboxylic acids is 2. The number of carboxylic acid groups (broad SMARTS) is 2. The van der Waals surface area contributed by atoms with Crippen LogP contribution in [0.25, 0.3) is 36.5 Å². The van der Waals surface area contributed by atoms with E-state index in [4.69, 9.17) is 10.2 Å². The van der Waals surface area contributed by atoms with Crippen LogP contribution in [0.5, 0.6) is 0 Å². The van der Waals surface area contributed by atoms with Gasteiger partial charge in [0.2, 0.25) is 0 Å². The summed E-state index contributed by atoms with van der Waals surface area (Å²) in [4.78, 5) is 24.1. The fourth-order valence-corrected chi connectivity index (χ4v) is 4.51. The SMILES string of the molecule is CN(C)Cc1ccc(/C=C/c2cc(/C=C/c3ccc(CC(=O)O)cc3)cc(/C=C/c3ccc(CC(=O)O)cc3)c2)cc1. The second-order valence-electron chi connectivity index (χ2n) is 10.5. The van der Waals surface area contributed by atoms with Gasteiger partial charge >= 0.3 is 11.9 Å². The van der Waals surface area contributed by atoms with E-state index in [2.05, 4.69) is 85.8 Å². The standard InChI is InChI=1S/C37H35NO4/c1-38(2)26-32-16-7-29(8-17-32)11-20-35-22-33(18-9-27-3-12-30(13-4-27)24-36(39)40)21-34(23-35)19-10-28-5-14-31(15-6-28)25-37(41)42/h3-23H,24-26H2,1-2H3,(H,39,40)(H,41,42)/b18-9+,19-10+,20-11+. The van der Waals surface area contributed by atoms with Gasteiger partial charge < -0.3 is 15.1 Å². The number of rotatable bonds is 12. The van der Waals surface area contributed by atoms with E-state index in [1.807, 2.05) is 60.7 Å². The van der Waals surface area contributed by atoms with Gasteiger partial charge in [0, 0.05) is 6.54 Å². The Labute approximate surface area is 247 Å². The molecular weight excluding hydrogens is 522 g/mol. The number of carboxylic acids is 2. The van der Waals surface area contributed by atoms with Crippen molar-refractivity contribution < 1.29 is 19.8 Å². The maximum Gasteiger partial charge on any atom is 0.307 e. The largest absolute Gasteiger partial charge is 0.481 e. The first-order valence-corrected chi connectivity index (χ1v) is 13.8. The summed E-state index contributed by atoms with van der Waals surface area (Å²) in [5, 5.41) is 18.0. The average molecular weight is 558 g/mol. The third-order valence-electron chi connectivity index (χ3n) is 6.55. The number of carbonyl (C=O) groups is 2. The quantitative estimate of drug-likeness (QED) is 0.176. The molecule has 0 unspecified atom stereocenters. The number of benzene rings is 4. The highest BCUT2D eigenvalue weighted by atomic mass is 16.4. The minimum absolute atomic E-state index is 0.00866. The van der Waals surface area contributed by atoms with Crippen molar-refractivity contribution in [1.29, 1.82) is 0 Å². The summed E-state index contributed by atoms with van der Waals surface area (Å²) in [5.41, 5.74) is 9.02. The lowest BCUT2D eigenvalue weighted by Gasteiger charge is -2.09. The smallest absolute Gasteiger partial charge is 0.307 e. The van der Waals surface area contributed by atoms with E-state index in [9.17, 15) is 9.59 Å². The molecule has 0 atom stereocenters. The highest BCUT2D eigenvalue weighted by Crippen LogP contribution is 2.20. The molecule has 212 valence electrons. The number of hydrogen-bond acceptors (Lipinski definition) is 3. The van der Waals surface area contributed by atoms with Crippen LogP contribution in [-0.2, 0) is 29.0 Å². The van der Waals surface area contributed by atoms with Crippen molar-refractivity contribution in [2.24, 2.45) is 0 Å². The van der Waals surface area contributed by atoms with Gasteiger partial charge in [-0.3, -0.25) is 9.59 Å². The van der Waals surface area contributed by atoms with E-state index >= 15 is 0 Å². The Balaban J connectivity index is 1.58. The number of nitrogens with zero attached hydrogens (tertiary/aromatic N) is 1. The molecular formula is C37H35NO4. The molecule has 0 amide bonds. The van der Waals surface area contributed by atoms with Crippen molar-refractivity contribution in [3.63, 3.8) is 0 Å². The first kappa shape index (κ1) is 30.0. The Kier molecular flexibility index (Phi) is 10.4. The minimum Gasteiger partial charge on any atom is -0.481 e. The Morgan fingerprint density at radius 3 is 1.07 bits per heavy atom. The average Bonchev–Trinajstić information content (AvgIpc) is 2.95. The molecule has 4 rings (SSSR count). The van der Waals surface area contributed by atoms with E-state index in [0.717, 1.165) is 51.1 Å². The normalized spacial score (nSPS) is 11.7. The first-order chi connectivity index (χ1) is 20.2. The molecule has 4 aromatic rings. The Morgan fingerprint density at radius 1 is 0.500 bits per heavy atom. The fourth-order valence-electron chi connectivity index (χ4n) is 4.51. The predicted octanol–water partition coefficient (Wildman–Crippen LogP) is 7.51. The molecule has 0 spiro atoms. The molecule has 42 heavy (non-hydrogen) atoms. The molecule has 5 nitrogen and oxygen atoms in total. The van der Waals surface area contributed by atoms with Crippen LogP contribution in [0.1, 0.15) is 50.1 Å². The summed E-state index contributed by atoms with van der Waals surface area (Å²) in [6.45, 7) is 0.901. The summed E-state index contributed by atoms with van der Waals surface area (Å²) < 4.78 is 0. The van der Waals surface area contributed by atoms with E-state index < -0.39 is 11.9 Å². The molecule has 0 aliphatic rings. The van der Waals surface area contributed by atoms with Gasteiger partial charge in [0.1, 0.15) is 0 Å². The van der Waals surface area contributed by atoms with Crippen LogP contribution in [-0.4, -0.2) is 41.1 Å². The molecule has 0 fully saturated rings. The maximum absolute atomic E-state index is 11.0. The zero-order valence-electron chi connectivity index (χ0n) is 23.9. The lowest BCUT2D eigenvalue weighted by molar-refractivity contribution is -0.137. The molecule has 4 aromatic carbocycles. The van der Waals surface area contributed by atoms with Gasteiger partial charge in [0.25, 0.3) is 0 Å². The molecule has 0 heterocycles. The molecule has 5 heteroatoms. The maximum atomic E-state index is 11.0. The Hall–Kier alpha value is -5.00. The molecule has 2 N–H and O–H groups in total. The highest BCUT2D eigenvalue weighted by molar-refractivity contribution is 5.79. The van der Waals surface area contributed by atoms with Crippen LogP contribution >= 0.6 is 0 Å². The van der Waals surface area contributed by atoms with Gasteiger partial charge in [-0.25, -0.2) is 0 Å². The van der Waals surface area contributed by atoms with Gasteiger partial charge in [-0.15, -0.1) is 0 Å². The van der Waals surface area contributed by atoms with Crippen LogP contribution in [0.4, 0.5) is 0 Å². The van der Waals surface area contributed by atoms with Crippen LogP contribution in [0.15, 0.2) is 91.0 Å². The molecule has 0 aliphatic heterocycles. The summed E-state index contributed by atoms with van der Waals surface area (Å²) in [5.74, 6) is -1.69. The fraction of sp³-hybridized carbons (Fsp3) is 0.135. The van der Waals surface area contributed by atoms with E-state index in [-0.39, 0.29) is 12.8 Å². The molecule has 0 aromatic heterocycles. The minimum atomic E-state index is -0.843. The van der Waals surface area contributed by atoms with Crippen LogP contribution < -0.4 is 0 Å². The van der Waals surface area contributed by atoms with Gasteiger partial charge in [-0.1, -0.05) is 109 Å². The molecule has 0 saturated heterocycles. The van der Waals surface area contributed by atoms with Crippen LogP contribution in [0.2, 0.25) is 0 Å². The van der Waals surface area contributed by atoms with Crippen molar-refractivity contribution in [2.75, 3.05) is 14.1 Å². The predicted molar refractivity (Wildman–Crippen MR) is 173 cm³/mol. The van der Waals surface area contributed by atoms with Gasteiger partial charge in [0.15, 0.2) is 0 Å². The molecule has 0 bridgehead atoms. The summed E-state index contributed by atoms with van der Waals surface area (Å²) >= 11 is 0. The van der Waals surface area contributed by atoms with E-state index in [0.29, 0.717) is 0 Å². The monoisotopic (exact) mass is 557 g/mol. The lowest BCUT2D eigenvalue weighted by atomic mass is 10.0. The summed E-state index contributed by atoms with van der Waals surface area (Å²) in [7, 11) is 4.12. The van der Waals surface area contributed by atoms with Crippen molar-refractivity contribution in [2.45, 2.75) is 19.4 Å². The van der Waals surface area contributed by atoms with Gasteiger partial charge in [-0.05, 0) is 82.4 Å². The van der Waals surface area contributed by atoms with E-state index in [1.165, 1.54) is 5.56 Å². The lowest BCUT2D eigenvalue weighted by Crippen LogP contribution is -2.10. The summed E-state index contributed by atoms with van der Waals surface area (Å²) in [6.07, 6.45) is 12.4. The van der Waals surface area contributed by atoms with Crippen LogP contribution in [0.3, 0.4) is 0 Å². The second kappa shape index (κ2) is 14.6. The van der Waals surface area contributed by atoms with Crippen molar-refractivity contribution >= 4 is 48.4 Å². The van der Waals surface area contributed by atoms with Crippen molar-refractivity contribution in [3.05, 3.63) is 141 Å². The first-order valence-electron chi connectivity index (χ1n) is 13.8. The molecule has 0 radical (unpaired) electrons. The van der Waals surface area contributed by atoms with Crippen molar-refractivity contribution in [1.82, 2.24) is 4.90 Å². The zero-order chi connectivity index (χ0) is 29.9. The van der Waals surface area contributed by atoms with Gasteiger partial charge in [-0.2, -0.15) is 0 Å². The molecule has 0 aliphatic carbocycles. The van der Waals surface area contributed by atoms with E-state index in [1.54, 1.807) is 0 Å². The highest BCUT2D eigenvalue weighted by Gasteiger charge is 2.02. The Morgan fingerprint density at radius 2 is 0.786 bits per heavy atom. The van der Waals surface area contributed by atoms with Crippen molar-refractivity contribution in [3.8, 4) is 0 Å². The molecule has 0 saturated carbocycles. The topological polar surface area (TPSA) is 77.8 Å².